The molecule has 0 aliphatic rings. The molecule has 0 fully saturated rings. The molecule has 4 rings (SSSR count). The van der Waals surface area contributed by atoms with E-state index in [0.717, 1.165) is 17.7 Å². The van der Waals surface area contributed by atoms with Crippen molar-refractivity contribution < 1.29 is 90.2 Å². The van der Waals surface area contributed by atoms with Gasteiger partial charge in [-0.1, -0.05) is 48.0 Å². The summed E-state index contributed by atoms with van der Waals surface area (Å²) in [5.74, 6) is -0.844. The van der Waals surface area contributed by atoms with Gasteiger partial charge in [0.1, 0.15) is 25.9 Å². The van der Waals surface area contributed by atoms with Crippen molar-refractivity contribution in [3.63, 3.8) is 0 Å². The molecule has 0 aliphatic heterocycles. The van der Waals surface area contributed by atoms with E-state index in [4.69, 9.17) is 0 Å². The number of benzene rings is 4. The van der Waals surface area contributed by atoms with Crippen molar-refractivity contribution in [2.75, 3.05) is 0 Å². The fraction of sp³-hybridized carbons (Fsp3) is 0.0476. The van der Waals surface area contributed by atoms with E-state index >= 15 is 0 Å². The molecule has 4 aromatic carbocycles. The fourth-order valence-corrected chi connectivity index (χ4v) is 4.71. The molecule has 34 heavy (non-hydrogen) atoms. The largest absolute Gasteiger partial charge is 1.00 e. The van der Waals surface area contributed by atoms with E-state index in [9.17, 15) is 31.0 Å². The molecule has 0 aromatic heterocycles. The normalized spacial score (nSPS) is 12.0. The third-order valence-electron chi connectivity index (χ3n) is 4.86. The quantitative estimate of drug-likeness (QED) is 0.191. The van der Waals surface area contributed by atoms with Gasteiger partial charge in [0.05, 0.1) is 15.5 Å². The number of aromatic hydroxyl groups is 1. The molecule has 0 unspecified atom stereocenters. The average molecular weight is 516 g/mol. The smallest absolute Gasteiger partial charge is 0.744 e. The minimum absolute atomic E-state index is 0. The summed E-state index contributed by atoms with van der Waals surface area (Å²) >= 11 is 0. The molecular weight excluding hydrogens is 502 g/mol. The van der Waals surface area contributed by atoms with Gasteiger partial charge in [0.25, 0.3) is 0 Å². The molecule has 9 nitrogen and oxygen atoms in total. The van der Waals surface area contributed by atoms with E-state index in [2.05, 4.69) is 10.2 Å². The number of fused-ring (bicyclic) bond motifs is 2. The predicted molar refractivity (Wildman–Crippen MR) is 114 cm³/mol. The summed E-state index contributed by atoms with van der Waals surface area (Å²) in [6, 6.07) is 14.5. The number of nitrogens with zero attached hydrogens (tertiary/aromatic N) is 2. The molecule has 0 aliphatic carbocycles. The monoisotopic (exact) mass is 516 g/mol. The third-order valence-corrected chi connectivity index (χ3v) is 6.61. The van der Waals surface area contributed by atoms with Crippen LogP contribution in [-0.2, 0) is 20.2 Å². The molecule has 0 atom stereocenters. The van der Waals surface area contributed by atoms with Gasteiger partial charge in [0, 0.05) is 16.2 Å². The second-order valence-electron chi connectivity index (χ2n) is 7.03. The minimum atomic E-state index is -5.00. The zero-order chi connectivity index (χ0) is 23.3. The van der Waals surface area contributed by atoms with Gasteiger partial charge in [-0.2, -0.15) is 0 Å². The Balaban J connectivity index is 0.00000204. The van der Waals surface area contributed by atoms with Crippen LogP contribution in [0.5, 0.6) is 5.75 Å². The van der Waals surface area contributed by atoms with Gasteiger partial charge >= 0.3 is 59.1 Å². The molecule has 0 amide bonds. The summed E-state index contributed by atoms with van der Waals surface area (Å²) < 4.78 is 69.6. The van der Waals surface area contributed by atoms with Crippen LogP contribution in [0.15, 0.2) is 80.7 Å². The molecule has 0 saturated carbocycles. The van der Waals surface area contributed by atoms with E-state index in [0.29, 0.717) is 16.2 Å². The van der Waals surface area contributed by atoms with Gasteiger partial charge in [0.15, 0.2) is 5.75 Å². The number of phenols is 1. The maximum absolute atomic E-state index is 11.6. The number of aryl methyl sites for hydroxylation is 1. The van der Waals surface area contributed by atoms with Crippen LogP contribution in [0, 0.1) is 6.92 Å². The molecular formula is C21H14N2Na2O7S2. The molecule has 164 valence electrons. The van der Waals surface area contributed by atoms with Gasteiger partial charge in [-0.3, -0.25) is 0 Å². The van der Waals surface area contributed by atoms with Crippen molar-refractivity contribution in [1.29, 1.82) is 0 Å². The van der Waals surface area contributed by atoms with E-state index < -0.39 is 35.8 Å². The van der Waals surface area contributed by atoms with Crippen molar-refractivity contribution in [2.45, 2.75) is 16.7 Å². The summed E-state index contributed by atoms with van der Waals surface area (Å²) in [6.07, 6.45) is 0. The molecule has 1 N–H and O–H groups in total. The van der Waals surface area contributed by atoms with Crippen LogP contribution < -0.4 is 59.1 Å². The van der Waals surface area contributed by atoms with E-state index in [1.165, 1.54) is 18.2 Å². The summed E-state index contributed by atoms with van der Waals surface area (Å²) in [5.41, 5.74) is 0.727. The Morgan fingerprint density at radius 3 is 1.97 bits per heavy atom. The van der Waals surface area contributed by atoms with Gasteiger partial charge in [-0.15, -0.1) is 10.2 Å². The first-order chi connectivity index (χ1) is 15.0. The molecule has 0 spiro atoms. The maximum atomic E-state index is 11.6. The van der Waals surface area contributed by atoms with Crippen LogP contribution in [-0.4, -0.2) is 31.0 Å². The van der Waals surface area contributed by atoms with Crippen LogP contribution in [0.2, 0.25) is 0 Å². The molecule has 0 bridgehead atoms. The maximum Gasteiger partial charge on any atom is 1.00 e. The Morgan fingerprint density at radius 2 is 1.35 bits per heavy atom. The minimum Gasteiger partial charge on any atom is -0.744 e. The second kappa shape index (κ2) is 10.7. The molecule has 13 heteroatoms. The van der Waals surface area contributed by atoms with E-state index in [1.54, 1.807) is 37.3 Å². The Hall–Kier alpha value is -1.38. The number of phenolic OH excluding ortho intramolecular Hbond substituents is 1. The van der Waals surface area contributed by atoms with Crippen LogP contribution >= 0.6 is 0 Å². The van der Waals surface area contributed by atoms with Crippen LogP contribution in [0.4, 0.5) is 11.4 Å². The topological polar surface area (TPSA) is 159 Å². The number of rotatable bonds is 4. The zero-order valence-corrected chi connectivity index (χ0v) is 24.0. The average Bonchev–Trinajstić information content (AvgIpc) is 2.71. The number of hydrogen-bond donors (Lipinski definition) is 1. The van der Waals surface area contributed by atoms with E-state index in [1.807, 2.05) is 0 Å². The Kier molecular flexibility index (Phi) is 9.09. The van der Waals surface area contributed by atoms with Crippen molar-refractivity contribution in [1.82, 2.24) is 0 Å². The molecule has 0 saturated heterocycles. The summed E-state index contributed by atoms with van der Waals surface area (Å²) in [7, 11) is -9.74. The molecule has 0 heterocycles. The number of hydrogen-bond acceptors (Lipinski definition) is 9. The first-order valence-electron chi connectivity index (χ1n) is 9.08. The standard InChI is InChI=1S/C21H16N2O7S2.2Na/c1-12-6-7-14-13(10-12)11-19(32(28,29)30)21(24)20(14)23-22-17-8-9-18(31(25,26)27)16-5-3-2-4-15(16)17;;/h2-11,24H,1H3,(H,25,26,27)(H,28,29,30);;/q;2*+1/p-2. The second-order valence-corrected chi connectivity index (χ2v) is 9.73. The van der Waals surface area contributed by atoms with Crippen molar-refractivity contribution >= 4 is 53.2 Å². The Bertz CT molecular complexity index is 1660. The SMILES string of the molecule is Cc1ccc2c(N=Nc3ccc(S(=O)(=O)[O-])c4ccccc34)c(O)c(S(=O)(=O)[O-])cc2c1.[Na+].[Na+]. The van der Waals surface area contributed by atoms with E-state index in [-0.39, 0.29) is 75.9 Å². The first-order valence-corrected chi connectivity index (χ1v) is 11.9. The van der Waals surface area contributed by atoms with Crippen molar-refractivity contribution in [3.8, 4) is 5.75 Å². The summed E-state index contributed by atoms with van der Waals surface area (Å²) in [4.78, 5) is -1.25. The van der Waals surface area contributed by atoms with Crippen molar-refractivity contribution in [2.24, 2.45) is 10.2 Å². The zero-order valence-electron chi connectivity index (χ0n) is 18.4. The van der Waals surface area contributed by atoms with Gasteiger partial charge in [-0.25, -0.2) is 16.8 Å². The Labute approximate surface area is 240 Å². The predicted octanol–water partition coefficient (Wildman–Crippen LogP) is -1.76. The number of azo groups is 1. The van der Waals surface area contributed by atoms with Crippen LogP contribution in [0.25, 0.3) is 21.5 Å². The molecule has 0 radical (unpaired) electrons. The van der Waals surface area contributed by atoms with Gasteiger partial charge < -0.3 is 14.2 Å². The first kappa shape index (κ1) is 28.9. The van der Waals surface area contributed by atoms with Gasteiger partial charge in [-0.05, 0) is 30.5 Å². The van der Waals surface area contributed by atoms with Gasteiger partial charge in [0.2, 0.25) is 0 Å². The van der Waals surface area contributed by atoms with Crippen molar-refractivity contribution in [3.05, 3.63) is 66.2 Å². The van der Waals surface area contributed by atoms with Crippen LogP contribution in [0.3, 0.4) is 0 Å². The molecule has 4 aromatic rings. The summed E-state index contributed by atoms with van der Waals surface area (Å²) in [5, 5.41) is 19.7. The fourth-order valence-electron chi connectivity index (χ4n) is 3.43. The third kappa shape index (κ3) is 5.71. The Morgan fingerprint density at radius 1 is 0.735 bits per heavy atom. The summed E-state index contributed by atoms with van der Waals surface area (Å²) in [6.45, 7) is 1.77. The van der Waals surface area contributed by atoms with Crippen LogP contribution in [0.1, 0.15) is 5.56 Å².